The minimum atomic E-state index is -0.176. The number of benzene rings is 9. The van der Waals surface area contributed by atoms with Crippen LogP contribution in [0, 0.1) is 0 Å². The highest BCUT2D eigenvalue weighted by Gasteiger charge is 2.38. The zero-order valence-electron chi connectivity index (χ0n) is 29.1. The minimum Gasteiger partial charge on any atom is -0.456 e. The lowest BCUT2D eigenvalue weighted by Gasteiger charge is -2.25. The summed E-state index contributed by atoms with van der Waals surface area (Å²) in [6, 6.07) is 62.3. The highest BCUT2D eigenvalue weighted by atomic mass is 16.3. The van der Waals surface area contributed by atoms with Gasteiger partial charge in [-0.15, -0.1) is 0 Å². The molecule has 1 nitrogen and oxygen atoms in total. The van der Waals surface area contributed by atoms with Gasteiger partial charge in [-0.05, 0) is 106 Å². The van der Waals surface area contributed by atoms with Crippen LogP contribution in [0.2, 0.25) is 0 Å². The zero-order chi connectivity index (χ0) is 34.6. The molecule has 0 spiro atoms. The Kier molecular flexibility index (Phi) is 6.08. The Bertz CT molecular complexity index is 3030. The lowest BCUT2D eigenvalue weighted by Crippen LogP contribution is -2.15. The summed E-state index contributed by atoms with van der Waals surface area (Å²) in [4.78, 5) is 0. The second-order valence-corrected chi connectivity index (χ2v) is 14.8. The monoisotopic (exact) mass is 662 g/mol. The van der Waals surface area contributed by atoms with E-state index in [9.17, 15) is 0 Å². The number of rotatable bonds is 3. The first kappa shape index (κ1) is 29.3. The van der Waals surface area contributed by atoms with Crippen LogP contribution in [0.1, 0.15) is 25.0 Å². The Labute approximate surface area is 302 Å². The zero-order valence-corrected chi connectivity index (χ0v) is 29.1. The van der Waals surface area contributed by atoms with Crippen molar-refractivity contribution in [3.8, 4) is 44.5 Å². The van der Waals surface area contributed by atoms with E-state index < -0.39 is 0 Å². The van der Waals surface area contributed by atoms with Crippen LogP contribution in [0.25, 0.3) is 98.8 Å². The molecule has 0 aliphatic heterocycles. The summed E-state index contributed by atoms with van der Waals surface area (Å²) in [5.41, 5.74) is 14.5. The molecule has 0 bridgehead atoms. The van der Waals surface area contributed by atoms with E-state index in [1.54, 1.807) is 0 Å². The highest BCUT2D eigenvalue weighted by molar-refractivity contribution is 6.25. The fraction of sp³-hybridized carbons (Fsp3) is 0.0588. The lowest BCUT2D eigenvalue weighted by molar-refractivity contribution is 0.665. The van der Waals surface area contributed by atoms with E-state index >= 15 is 0 Å². The summed E-state index contributed by atoms with van der Waals surface area (Å²) >= 11 is 0. The van der Waals surface area contributed by atoms with Gasteiger partial charge < -0.3 is 4.42 Å². The van der Waals surface area contributed by atoms with Gasteiger partial charge in [-0.3, -0.25) is 0 Å². The lowest BCUT2D eigenvalue weighted by atomic mass is 9.78. The van der Waals surface area contributed by atoms with E-state index in [1.165, 1.54) is 93.3 Å². The predicted molar refractivity (Wildman–Crippen MR) is 220 cm³/mol. The van der Waals surface area contributed by atoms with E-state index in [1.807, 2.05) is 0 Å². The average molecular weight is 663 g/mol. The molecule has 10 aromatic rings. The summed E-state index contributed by atoms with van der Waals surface area (Å²) in [7, 11) is 0. The normalized spacial score (nSPS) is 13.3. The molecule has 0 fully saturated rings. The van der Waals surface area contributed by atoms with Crippen LogP contribution < -0.4 is 0 Å². The fourth-order valence-corrected chi connectivity index (χ4v) is 9.43. The summed E-state index contributed by atoms with van der Waals surface area (Å²) in [6.07, 6.45) is 0. The van der Waals surface area contributed by atoms with Gasteiger partial charge >= 0.3 is 0 Å². The molecule has 0 saturated heterocycles. The third-order valence-corrected chi connectivity index (χ3v) is 11.6. The predicted octanol–water partition coefficient (Wildman–Crippen LogP) is 14.4. The molecule has 0 saturated carbocycles. The molecular formula is C51H34O. The van der Waals surface area contributed by atoms with E-state index in [2.05, 4.69) is 184 Å². The Balaban J connectivity index is 1.24. The van der Waals surface area contributed by atoms with E-state index in [-0.39, 0.29) is 5.41 Å². The minimum absolute atomic E-state index is 0.176. The maximum Gasteiger partial charge on any atom is 0.136 e. The highest BCUT2D eigenvalue weighted by Crippen LogP contribution is 2.55. The van der Waals surface area contributed by atoms with Crippen LogP contribution in [-0.4, -0.2) is 0 Å². The third-order valence-electron chi connectivity index (χ3n) is 11.6. The Morgan fingerprint density at radius 2 is 0.942 bits per heavy atom. The van der Waals surface area contributed by atoms with E-state index in [0.29, 0.717) is 0 Å². The van der Waals surface area contributed by atoms with E-state index in [4.69, 9.17) is 4.42 Å². The second-order valence-electron chi connectivity index (χ2n) is 14.8. The quantitative estimate of drug-likeness (QED) is 0.172. The number of para-hydroxylation sites is 1. The van der Waals surface area contributed by atoms with Crippen LogP contribution >= 0.6 is 0 Å². The van der Waals surface area contributed by atoms with Crippen molar-refractivity contribution in [1.29, 1.82) is 0 Å². The van der Waals surface area contributed by atoms with Gasteiger partial charge in [0.25, 0.3) is 0 Å². The van der Waals surface area contributed by atoms with Crippen molar-refractivity contribution in [3.05, 3.63) is 181 Å². The molecule has 1 heteroatoms. The van der Waals surface area contributed by atoms with Gasteiger partial charge in [0.1, 0.15) is 11.2 Å². The summed E-state index contributed by atoms with van der Waals surface area (Å²) in [5, 5.41) is 9.94. The Morgan fingerprint density at radius 3 is 1.67 bits per heavy atom. The molecule has 1 aliphatic rings. The number of hydrogen-bond acceptors (Lipinski definition) is 1. The van der Waals surface area contributed by atoms with Crippen molar-refractivity contribution in [3.63, 3.8) is 0 Å². The SMILES string of the molecule is CC1(C)c2ccccc2-c2ccc3c(c(-c4cccc(-c5c6ccccc6c(-c6ccccc6)c6ccccc56)c4)cc4oc5ccccc5c43)c21. The van der Waals surface area contributed by atoms with Crippen LogP contribution in [0.3, 0.4) is 0 Å². The summed E-state index contributed by atoms with van der Waals surface area (Å²) < 4.78 is 6.64. The van der Waals surface area contributed by atoms with Crippen LogP contribution in [-0.2, 0) is 5.41 Å². The van der Waals surface area contributed by atoms with Gasteiger partial charge in [0.05, 0.1) is 0 Å². The van der Waals surface area contributed by atoms with Crippen molar-refractivity contribution >= 4 is 54.3 Å². The molecule has 9 aromatic carbocycles. The van der Waals surface area contributed by atoms with Gasteiger partial charge in [-0.1, -0.05) is 166 Å². The molecule has 1 aromatic heterocycles. The van der Waals surface area contributed by atoms with Crippen molar-refractivity contribution in [2.45, 2.75) is 19.3 Å². The molecule has 11 rings (SSSR count). The van der Waals surface area contributed by atoms with Crippen LogP contribution in [0.5, 0.6) is 0 Å². The van der Waals surface area contributed by atoms with Crippen LogP contribution in [0.15, 0.2) is 174 Å². The molecule has 0 atom stereocenters. The first-order chi connectivity index (χ1) is 25.6. The van der Waals surface area contributed by atoms with Crippen molar-refractivity contribution < 1.29 is 4.42 Å². The first-order valence-electron chi connectivity index (χ1n) is 18.2. The molecule has 244 valence electrons. The molecule has 0 unspecified atom stereocenters. The smallest absolute Gasteiger partial charge is 0.136 e. The van der Waals surface area contributed by atoms with E-state index in [0.717, 1.165) is 16.6 Å². The summed E-state index contributed by atoms with van der Waals surface area (Å²) in [6.45, 7) is 4.78. The second kappa shape index (κ2) is 10.8. The molecule has 0 N–H and O–H groups in total. The maximum absolute atomic E-state index is 6.64. The number of fused-ring (bicyclic) bond motifs is 11. The third kappa shape index (κ3) is 3.99. The van der Waals surface area contributed by atoms with Gasteiger partial charge in [0, 0.05) is 16.2 Å². The van der Waals surface area contributed by atoms with Gasteiger partial charge in [0.15, 0.2) is 0 Å². The van der Waals surface area contributed by atoms with Crippen molar-refractivity contribution in [2.75, 3.05) is 0 Å². The largest absolute Gasteiger partial charge is 0.456 e. The first-order valence-corrected chi connectivity index (χ1v) is 18.2. The van der Waals surface area contributed by atoms with Gasteiger partial charge in [0.2, 0.25) is 0 Å². The average Bonchev–Trinajstić information content (AvgIpc) is 3.69. The summed E-state index contributed by atoms with van der Waals surface area (Å²) in [5.74, 6) is 0. The molecular weight excluding hydrogens is 629 g/mol. The van der Waals surface area contributed by atoms with Crippen molar-refractivity contribution in [1.82, 2.24) is 0 Å². The maximum atomic E-state index is 6.64. The fourth-order valence-electron chi connectivity index (χ4n) is 9.43. The molecule has 1 heterocycles. The Morgan fingerprint density at radius 1 is 0.365 bits per heavy atom. The van der Waals surface area contributed by atoms with Crippen LogP contribution in [0.4, 0.5) is 0 Å². The van der Waals surface area contributed by atoms with Gasteiger partial charge in [-0.2, -0.15) is 0 Å². The number of furan rings is 1. The molecule has 52 heavy (non-hydrogen) atoms. The topological polar surface area (TPSA) is 13.1 Å². The molecule has 0 amide bonds. The standard InChI is InChI=1S/C51H34O/c1-51(2)43-25-12-10-19-34(43)39-27-28-41-48-40-24-11-13-26-44(40)52-45(48)30-42(49(41)50(39)51)32-17-14-18-33(29-32)47-37-22-8-6-20-35(37)46(31-15-4-3-5-16-31)36-21-7-9-23-38(36)47/h3-30H,1-2H3. The molecule has 1 aliphatic carbocycles. The Hall–Kier alpha value is -6.44. The van der Waals surface area contributed by atoms with Gasteiger partial charge in [-0.25, -0.2) is 0 Å². The number of hydrogen-bond donors (Lipinski definition) is 0. The molecule has 0 radical (unpaired) electrons. The van der Waals surface area contributed by atoms with Crippen molar-refractivity contribution in [2.24, 2.45) is 0 Å².